The Morgan fingerprint density at radius 1 is 1.03 bits per heavy atom. The number of amides is 3. The SMILES string of the molecule is CCOC(=O)CCNC(=O)C(c1ccc(C)c(C)c1)N(C(=O)C(CO)NC(=O)OC(C)(C)C)C(C)(C)C. The molecule has 1 rings (SSSR count). The second kappa shape index (κ2) is 13.4. The van der Waals surface area contributed by atoms with Crippen LogP contribution < -0.4 is 10.6 Å². The number of nitrogens with one attached hydrogen (secondary N) is 2. The quantitative estimate of drug-likeness (QED) is 0.403. The van der Waals surface area contributed by atoms with Crippen molar-refractivity contribution in [2.75, 3.05) is 19.8 Å². The molecule has 2 atom stereocenters. The molecule has 0 spiro atoms. The summed E-state index contributed by atoms with van der Waals surface area (Å²) in [5, 5.41) is 15.2. The summed E-state index contributed by atoms with van der Waals surface area (Å²) >= 11 is 0. The molecule has 3 amide bonds. The number of carbonyl (C=O) groups excluding carboxylic acids is 4. The van der Waals surface area contributed by atoms with E-state index in [-0.39, 0.29) is 19.6 Å². The molecule has 37 heavy (non-hydrogen) atoms. The number of rotatable bonds is 10. The first-order chi connectivity index (χ1) is 17.0. The Hall–Kier alpha value is -3.14. The first-order valence-electron chi connectivity index (χ1n) is 12.5. The molecule has 10 heteroatoms. The number of benzene rings is 1. The molecule has 0 aromatic heterocycles. The average Bonchev–Trinajstić information content (AvgIpc) is 2.75. The lowest BCUT2D eigenvalue weighted by atomic mass is 9.93. The third-order valence-corrected chi connectivity index (χ3v) is 5.42. The Kier molecular flexibility index (Phi) is 11.6. The van der Waals surface area contributed by atoms with Gasteiger partial charge in [0.25, 0.3) is 0 Å². The maximum atomic E-state index is 13.8. The van der Waals surface area contributed by atoms with Gasteiger partial charge < -0.3 is 30.1 Å². The number of esters is 1. The molecule has 0 aliphatic carbocycles. The van der Waals surface area contributed by atoms with E-state index in [1.165, 1.54) is 4.90 Å². The van der Waals surface area contributed by atoms with Crippen LogP contribution in [0.3, 0.4) is 0 Å². The third-order valence-electron chi connectivity index (χ3n) is 5.42. The molecule has 1 aromatic carbocycles. The van der Waals surface area contributed by atoms with Crippen molar-refractivity contribution in [3.63, 3.8) is 0 Å². The zero-order valence-corrected chi connectivity index (χ0v) is 23.6. The van der Waals surface area contributed by atoms with Crippen molar-refractivity contribution in [2.24, 2.45) is 0 Å². The Bertz CT molecular complexity index is 964. The zero-order chi connectivity index (χ0) is 28.6. The van der Waals surface area contributed by atoms with Crippen LogP contribution in [0.15, 0.2) is 18.2 Å². The molecule has 0 fully saturated rings. The van der Waals surface area contributed by atoms with E-state index < -0.39 is 53.7 Å². The van der Waals surface area contributed by atoms with E-state index >= 15 is 0 Å². The van der Waals surface area contributed by atoms with Crippen LogP contribution in [0.1, 0.15) is 77.6 Å². The molecule has 0 bridgehead atoms. The maximum absolute atomic E-state index is 13.8. The topological polar surface area (TPSA) is 134 Å². The van der Waals surface area contributed by atoms with Gasteiger partial charge in [-0.05, 0) is 79.0 Å². The summed E-state index contributed by atoms with van der Waals surface area (Å²) in [4.78, 5) is 52.8. The number of aliphatic hydroxyl groups is 1. The Morgan fingerprint density at radius 2 is 1.65 bits per heavy atom. The van der Waals surface area contributed by atoms with E-state index in [4.69, 9.17) is 9.47 Å². The maximum Gasteiger partial charge on any atom is 0.408 e. The van der Waals surface area contributed by atoms with E-state index in [9.17, 15) is 24.3 Å². The number of ether oxygens (including phenoxy) is 2. The number of nitrogens with zero attached hydrogens (tertiary/aromatic N) is 1. The molecular weight excluding hydrogens is 478 g/mol. The predicted octanol–water partition coefficient (Wildman–Crippen LogP) is 2.93. The van der Waals surface area contributed by atoms with Gasteiger partial charge in [-0.15, -0.1) is 0 Å². The van der Waals surface area contributed by atoms with Crippen LogP contribution in [0, 0.1) is 13.8 Å². The van der Waals surface area contributed by atoms with Crippen LogP contribution in [-0.4, -0.2) is 70.8 Å². The lowest BCUT2D eigenvalue weighted by Gasteiger charge is -2.43. The lowest BCUT2D eigenvalue weighted by Crippen LogP contribution is -2.59. The van der Waals surface area contributed by atoms with Gasteiger partial charge in [0.05, 0.1) is 19.6 Å². The Labute approximate surface area is 220 Å². The summed E-state index contributed by atoms with van der Waals surface area (Å²) in [5.41, 5.74) is 0.779. The van der Waals surface area contributed by atoms with Crippen LogP contribution in [0.4, 0.5) is 4.79 Å². The summed E-state index contributed by atoms with van der Waals surface area (Å²) in [6.07, 6.45) is -0.891. The predicted molar refractivity (Wildman–Crippen MR) is 140 cm³/mol. The molecule has 0 aliphatic heterocycles. The van der Waals surface area contributed by atoms with Gasteiger partial charge in [0.2, 0.25) is 11.8 Å². The van der Waals surface area contributed by atoms with Gasteiger partial charge >= 0.3 is 12.1 Å². The van der Waals surface area contributed by atoms with Crippen molar-refractivity contribution in [2.45, 2.75) is 92.0 Å². The van der Waals surface area contributed by atoms with Gasteiger partial charge in [0.15, 0.2) is 0 Å². The van der Waals surface area contributed by atoms with E-state index in [0.717, 1.165) is 11.1 Å². The van der Waals surface area contributed by atoms with Crippen molar-refractivity contribution >= 4 is 23.9 Å². The first kappa shape index (κ1) is 31.9. The van der Waals surface area contributed by atoms with Crippen molar-refractivity contribution in [3.05, 3.63) is 34.9 Å². The van der Waals surface area contributed by atoms with Gasteiger partial charge in [-0.3, -0.25) is 14.4 Å². The fourth-order valence-corrected chi connectivity index (χ4v) is 3.62. The summed E-state index contributed by atoms with van der Waals surface area (Å²) in [6.45, 7) is 15.4. The Morgan fingerprint density at radius 3 is 2.14 bits per heavy atom. The van der Waals surface area contributed by atoms with Crippen LogP contribution in [0.25, 0.3) is 0 Å². The minimum atomic E-state index is -1.35. The van der Waals surface area contributed by atoms with E-state index in [1.807, 2.05) is 26.0 Å². The molecule has 10 nitrogen and oxygen atoms in total. The summed E-state index contributed by atoms with van der Waals surface area (Å²) < 4.78 is 10.2. The minimum absolute atomic E-state index is 0.0186. The van der Waals surface area contributed by atoms with Crippen LogP contribution >= 0.6 is 0 Å². The largest absolute Gasteiger partial charge is 0.466 e. The van der Waals surface area contributed by atoms with Crippen LogP contribution in [-0.2, 0) is 23.9 Å². The number of alkyl carbamates (subject to hydrolysis) is 1. The molecule has 208 valence electrons. The average molecular weight is 522 g/mol. The first-order valence-corrected chi connectivity index (χ1v) is 12.5. The smallest absolute Gasteiger partial charge is 0.408 e. The van der Waals surface area contributed by atoms with Crippen molar-refractivity contribution in [1.82, 2.24) is 15.5 Å². The fourth-order valence-electron chi connectivity index (χ4n) is 3.62. The molecular formula is C27H43N3O7. The minimum Gasteiger partial charge on any atom is -0.466 e. The number of aryl methyl sites for hydroxylation is 2. The molecule has 0 saturated heterocycles. The number of aliphatic hydroxyl groups excluding tert-OH is 1. The van der Waals surface area contributed by atoms with Gasteiger partial charge in [-0.2, -0.15) is 0 Å². The van der Waals surface area contributed by atoms with Crippen LogP contribution in [0.2, 0.25) is 0 Å². The molecule has 0 radical (unpaired) electrons. The molecule has 0 saturated carbocycles. The highest BCUT2D eigenvalue weighted by Crippen LogP contribution is 2.31. The van der Waals surface area contributed by atoms with E-state index in [1.54, 1.807) is 54.5 Å². The van der Waals surface area contributed by atoms with Crippen molar-refractivity contribution in [3.8, 4) is 0 Å². The van der Waals surface area contributed by atoms with Crippen LogP contribution in [0.5, 0.6) is 0 Å². The summed E-state index contributed by atoms with van der Waals surface area (Å²) in [7, 11) is 0. The highest BCUT2D eigenvalue weighted by atomic mass is 16.6. The summed E-state index contributed by atoms with van der Waals surface area (Å²) in [6, 6.07) is 2.99. The summed E-state index contributed by atoms with van der Waals surface area (Å²) in [5.74, 6) is -1.62. The van der Waals surface area contributed by atoms with Gasteiger partial charge in [-0.1, -0.05) is 18.2 Å². The van der Waals surface area contributed by atoms with Crippen molar-refractivity contribution in [1.29, 1.82) is 0 Å². The van der Waals surface area contributed by atoms with E-state index in [2.05, 4.69) is 10.6 Å². The van der Waals surface area contributed by atoms with Gasteiger partial charge in [-0.25, -0.2) is 4.79 Å². The number of hydrogen-bond acceptors (Lipinski definition) is 7. The highest BCUT2D eigenvalue weighted by Gasteiger charge is 2.41. The van der Waals surface area contributed by atoms with E-state index in [0.29, 0.717) is 5.56 Å². The van der Waals surface area contributed by atoms with Gasteiger partial charge in [0, 0.05) is 12.1 Å². The molecule has 0 heterocycles. The highest BCUT2D eigenvalue weighted by molar-refractivity contribution is 5.93. The molecule has 1 aromatic rings. The molecule has 0 aliphatic rings. The second-order valence-corrected chi connectivity index (χ2v) is 10.9. The normalized spacial score (nSPS) is 13.2. The van der Waals surface area contributed by atoms with Crippen molar-refractivity contribution < 1.29 is 33.8 Å². The van der Waals surface area contributed by atoms with Gasteiger partial charge in [0.1, 0.15) is 17.7 Å². The molecule has 2 unspecified atom stereocenters. The number of carbonyl (C=O) groups is 4. The third kappa shape index (κ3) is 10.0. The number of hydrogen-bond donors (Lipinski definition) is 3. The molecule has 3 N–H and O–H groups in total. The zero-order valence-electron chi connectivity index (χ0n) is 23.6. The lowest BCUT2D eigenvalue weighted by molar-refractivity contribution is -0.149. The Balaban J connectivity index is 3.43. The monoisotopic (exact) mass is 521 g/mol. The fraction of sp³-hybridized carbons (Fsp3) is 0.630. The second-order valence-electron chi connectivity index (χ2n) is 10.9. The standard InChI is InChI=1S/C27H43N3O7/c1-10-36-21(32)13-14-28-23(33)22(19-12-11-17(2)18(3)15-19)30(26(4,5)6)24(34)20(16-31)29-25(35)37-27(7,8)9/h11-12,15,20,22,31H,10,13-14,16H2,1-9H3,(H,28,33)(H,29,35).